The molecule has 1 unspecified atom stereocenters. The molecule has 0 bridgehead atoms. The molecule has 1 fully saturated rings. The summed E-state index contributed by atoms with van der Waals surface area (Å²) in [6.07, 6.45) is 1.06. The zero-order valence-corrected chi connectivity index (χ0v) is 18.7. The predicted molar refractivity (Wildman–Crippen MR) is 128 cm³/mol. The lowest BCUT2D eigenvalue weighted by atomic mass is 9.72. The van der Waals surface area contributed by atoms with Crippen LogP contribution < -0.4 is 4.74 Å². The van der Waals surface area contributed by atoms with Crippen molar-refractivity contribution in [3.8, 4) is 11.8 Å². The zero-order valence-electron chi connectivity index (χ0n) is 18.7. The van der Waals surface area contributed by atoms with Gasteiger partial charge in [-0.2, -0.15) is 5.26 Å². The molecule has 2 N–H and O–H groups in total. The first kappa shape index (κ1) is 23.0. The maximum atomic E-state index is 12.0. The van der Waals surface area contributed by atoms with E-state index in [4.69, 9.17) is 10.00 Å². The Morgan fingerprint density at radius 2 is 1.45 bits per heavy atom. The van der Waals surface area contributed by atoms with Gasteiger partial charge in [0.1, 0.15) is 24.1 Å². The Bertz CT molecular complexity index is 1000. The molecule has 1 heterocycles. The van der Waals surface area contributed by atoms with E-state index in [-0.39, 0.29) is 12.5 Å². The first-order valence-electron chi connectivity index (χ1n) is 11.5. The van der Waals surface area contributed by atoms with Gasteiger partial charge in [0, 0.05) is 6.54 Å². The van der Waals surface area contributed by atoms with Gasteiger partial charge >= 0.3 is 0 Å². The lowest BCUT2D eigenvalue weighted by Gasteiger charge is -2.42. The summed E-state index contributed by atoms with van der Waals surface area (Å²) >= 11 is 0. The van der Waals surface area contributed by atoms with E-state index in [0.29, 0.717) is 17.9 Å². The molecule has 33 heavy (non-hydrogen) atoms. The van der Waals surface area contributed by atoms with Gasteiger partial charge in [-0.05, 0) is 67.2 Å². The number of β-amino-alcohol motifs (C(OH)–C–C–N with tert-alkyl or cyclic N) is 1. The van der Waals surface area contributed by atoms with Crippen molar-refractivity contribution < 1.29 is 14.9 Å². The second-order valence-corrected chi connectivity index (χ2v) is 8.67. The predicted octanol–water partition coefficient (Wildman–Crippen LogP) is 3.95. The Morgan fingerprint density at radius 3 is 1.97 bits per heavy atom. The molecule has 0 amide bonds. The van der Waals surface area contributed by atoms with E-state index in [0.717, 1.165) is 37.1 Å². The summed E-state index contributed by atoms with van der Waals surface area (Å²) in [7, 11) is 0. The Hall–Kier alpha value is -3.17. The van der Waals surface area contributed by atoms with Crippen molar-refractivity contribution >= 4 is 0 Å². The van der Waals surface area contributed by atoms with Crippen LogP contribution in [-0.2, 0) is 5.60 Å². The molecule has 0 saturated carbocycles. The number of benzene rings is 3. The highest BCUT2D eigenvalue weighted by atomic mass is 16.5. The Balaban J connectivity index is 1.35. The van der Waals surface area contributed by atoms with Gasteiger partial charge in [-0.15, -0.1) is 0 Å². The summed E-state index contributed by atoms with van der Waals surface area (Å²) in [6, 6.07) is 28.8. The van der Waals surface area contributed by atoms with E-state index in [1.165, 1.54) is 0 Å². The molecule has 1 saturated heterocycles. The first-order valence-corrected chi connectivity index (χ1v) is 11.5. The number of hydrogen-bond acceptors (Lipinski definition) is 5. The lowest BCUT2D eigenvalue weighted by molar-refractivity contribution is -0.0222. The van der Waals surface area contributed by atoms with Crippen molar-refractivity contribution in [2.75, 3.05) is 26.2 Å². The quantitative estimate of drug-likeness (QED) is 0.553. The minimum atomic E-state index is -1.04. The Kier molecular flexibility index (Phi) is 7.41. The maximum Gasteiger partial charge on any atom is 0.119 e. The molecular weight excluding hydrogens is 412 g/mol. The number of hydrogen-bond donors (Lipinski definition) is 2. The fraction of sp³-hybridized carbons (Fsp3) is 0.321. The van der Waals surface area contributed by atoms with Gasteiger partial charge in [0.05, 0.1) is 11.6 Å². The van der Waals surface area contributed by atoms with Crippen molar-refractivity contribution in [1.29, 1.82) is 5.26 Å². The average Bonchev–Trinajstić information content (AvgIpc) is 2.89. The third-order valence-electron chi connectivity index (χ3n) is 6.50. The average molecular weight is 443 g/mol. The summed E-state index contributed by atoms with van der Waals surface area (Å²) in [5.41, 5.74) is 1.39. The van der Waals surface area contributed by atoms with Gasteiger partial charge in [0.25, 0.3) is 0 Å². The molecule has 1 atom stereocenters. The highest BCUT2D eigenvalue weighted by Gasteiger charge is 2.41. The fourth-order valence-corrected chi connectivity index (χ4v) is 4.72. The molecule has 4 rings (SSSR count). The normalized spacial score (nSPS) is 16.2. The van der Waals surface area contributed by atoms with Crippen molar-refractivity contribution in [2.45, 2.75) is 24.5 Å². The molecule has 3 aromatic carbocycles. The third-order valence-corrected chi connectivity index (χ3v) is 6.50. The number of piperidine rings is 1. The van der Waals surface area contributed by atoms with Crippen LogP contribution in [0.1, 0.15) is 29.5 Å². The summed E-state index contributed by atoms with van der Waals surface area (Å²) in [4.78, 5) is 2.24. The van der Waals surface area contributed by atoms with Crippen LogP contribution in [0.25, 0.3) is 0 Å². The topological polar surface area (TPSA) is 76.7 Å². The van der Waals surface area contributed by atoms with Crippen molar-refractivity contribution in [2.24, 2.45) is 5.92 Å². The molecule has 5 heteroatoms. The van der Waals surface area contributed by atoms with Gasteiger partial charge in [-0.25, -0.2) is 0 Å². The van der Waals surface area contributed by atoms with Gasteiger partial charge < -0.3 is 19.8 Å². The van der Waals surface area contributed by atoms with Gasteiger partial charge in [0.15, 0.2) is 0 Å². The molecule has 1 aliphatic heterocycles. The molecular formula is C28H30N2O3. The largest absolute Gasteiger partial charge is 0.491 e. The Morgan fingerprint density at radius 1 is 0.909 bits per heavy atom. The molecule has 0 spiro atoms. The molecule has 170 valence electrons. The number of nitriles is 1. The van der Waals surface area contributed by atoms with Crippen LogP contribution in [0.2, 0.25) is 0 Å². The minimum Gasteiger partial charge on any atom is -0.491 e. The summed E-state index contributed by atoms with van der Waals surface area (Å²) in [5, 5.41) is 31.3. The highest BCUT2D eigenvalue weighted by Crippen LogP contribution is 2.41. The van der Waals surface area contributed by atoms with Crippen LogP contribution in [-0.4, -0.2) is 47.5 Å². The summed E-state index contributed by atoms with van der Waals surface area (Å²) < 4.78 is 5.67. The molecule has 0 aliphatic carbocycles. The van der Waals surface area contributed by atoms with Crippen LogP contribution in [0.15, 0.2) is 84.9 Å². The van der Waals surface area contributed by atoms with E-state index >= 15 is 0 Å². The van der Waals surface area contributed by atoms with Crippen LogP contribution in [0.4, 0.5) is 0 Å². The fourth-order valence-electron chi connectivity index (χ4n) is 4.72. The van der Waals surface area contributed by atoms with E-state index < -0.39 is 11.7 Å². The summed E-state index contributed by atoms with van der Waals surface area (Å²) in [5.74, 6) is 0.730. The zero-order chi connectivity index (χ0) is 23.1. The molecule has 3 aromatic rings. The molecule has 0 aromatic heterocycles. The number of rotatable bonds is 8. The Labute approximate surface area is 195 Å². The second kappa shape index (κ2) is 10.6. The monoisotopic (exact) mass is 442 g/mol. The van der Waals surface area contributed by atoms with E-state index in [1.807, 2.05) is 60.7 Å². The van der Waals surface area contributed by atoms with E-state index in [9.17, 15) is 10.2 Å². The van der Waals surface area contributed by atoms with Crippen LogP contribution in [0, 0.1) is 17.2 Å². The summed E-state index contributed by atoms with van der Waals surface area (Å²) in [6.45, 7) is 2.34. The number of aliphatic hydroxyl groups excluding tert-OH is 1. The van der Waals surface area contributed by atoms with Gasteiger partial charge in [-0.1, -0.05) is 60.7 Å². The highest BCUT2D eigenvalue weighted by molar-refractivity contribution is 5.37. The van der Waals surface area contributed by atoms with Crippen molar-refractivity contribution in [1.82, 2.24) is 4.90 Å². The molecule has 1 aliphatic rings. The first-order chi connectivity index (χ1) is 16.1. The number of aliphatic hydroxyl groups is 2. The van der Waals surface area contributed by atoms with Crippen molar-refractivity contribution in [3.05, 3.63) is 102 Å². The lowest BCUT2D eigenvalue weighted by Crippen LogP contribution is -2.46. The number of ether oxygens (including phenoxy) is 1. The van der Waals surface area contributed by atoms with Gasteiger partial charge in [-0.3, -0.25) is 0 Å². The standard InChI is InChI=1S/C28H30N2O3/c29-19-22-11-13-27(14-12-22)33-21-26(31)20-30-17-15-25(16-18-30)28(32,23-7-3-1-4-8-23)24-9-5-2-6-10-24/h1-14,25-26,31-32H,15-18,20-21H2. The maximum absolute atomic E-state index is 12.0. The van der Waals surface area contributed by atoms with Crippen LogP contribution in [0.3, 0.4) is 0 Å². The third kappa shape index (κ3) is 5.43. The molecule has 5 nitrogen and oxygen atoms in total. The van der Waals surface area contributed by atoms with E-state index in [2.05, 4.69) is 11.0 Å². The van der Waals surface area contributed by atoms with E-state index in [1.54, 1.807) is 24.3 Å². The van der Waals surface area contributed by atoms with Crippen molar-refractivity contribution in [3.63, 3.8) is 0 Å². The van der Waals surface area contributed by atoms with Crippen LogP contribution >= 0.6 is 0 Å². The van der Waals surface area contributed by atoms with Gasteiger partial charge in [0.2, 0.25) is 0 Å². The molecule has 0 radical (unpaired) electrons. The number of likely N-dealkylation sites (tertiary alicyclic amines) is 1. The van der Waals surface area contributed by atoms with Crippen LogP contribution in [0.5, 0.6) is 5.75 Å². The number of nitrogens with zero attached hydrogens (tertiary/aromatic N) is 2. The minimum absolute atomic E-state index is 0.0885. The SMILES string of the molecule is N#Cc1ccc(OCC(O)CN2CCC(C(O)(c3ccccc3)c3ccccc3)CC2)cc1. The smallest absolute Gasteiger partial charge is 0.119 e. The second-order valence-electron chi connectivity index (χ2n) is 8.67.